The highest BCUT2D eigenvalue weighted by Gasteiger charge is 2.42. The van der Waals surface area contributed by atoms with Crippen LogP contribution < -0.4 is 5.32 Å². The molecule has 1 saturated heterocycles. The van der Waals surface area contributed by atoms with Gasteiger partial charge in [0, 0.05) is 12.5 Å². The molecule has 2 amide bonds. The Hall–Kier alpha value is -1.84. The van der Waals surface area contributed by atoms with E-state index in [1.54, 1.807) is 0 Å². The molecule has 25 heavy (non-hydrogen) atoms. The summed E-state index contributed by atoms with van der Waals surface area (Å²) >= 11 is 0. The number of benzene rings is 1. The van der Waals surface area contributed by atoms with Crippen LogP contribution in [0.25, 0.3) is 0 Å². The number of hydrogen-bond donors (Lipinski definition) is 1. The fraction of sp³-hybridized carbons (Fsp3) is 0.619. The van der Waals surface area contributed by atoms with Crippen LogP contribution in [0.4, 0.5) is 0 Å². The first-order valence-electron chi connectivity index (χ1n) is 9.67. The normalized spacial score (nSPS) is 27.7. The zero-order valence-corrected chi connectivity index (χ0v) is 15.3. The number of hydrogen-bond acceptors (Lipinski definition) is 2. The van der Waals surface area contributed by atoms with Crippen molar-refractivity contribution in [1.29, 1.82) is 0 Å². The van der Waals surface area contributed by atoms with E-state index in [0.717, 1.165) is 45.1 Å². The van der Waals surface area contributed by atoms with E-state index in [0.29, 0.717) is 0 Å². The molecule has 0 aromatic heterocycles. The molecule has 1 N–H and O–H groups in total. The van der Waals surface area contributed by atoms with E-state index in [9.17, 15) is 9.59 Å². The Morgan fingerprint density at radius 2 is 1.88 bits per heavy atom. The van der Waals surface area contributed by atoms with Crippen molar-refractivity contribution in [2.45, 2.75) is 69.9 Å². The second-order valence-electron chi connectivity index (χ2n) is 8.53. The number of carbonyl (C=O) groups excluding carboxylic acids is 2. The van der Waals surface area contributed by atoms with E-state index in [-0.39, 0.29) is 35.2 Å². The number of carbonyl (C=O) groups is 2. The van der Waals surface area contributed by atoms with Gasteiger partial charge in [-0.1, -0.05) is 38.1 Å². The van der Waals surface area contributed by atoms with Crippen LogP contribution in [0.3, 0.4) is 0 Å². The standard InChI is InChI=1S/C21H28N2O2/c1-21(2)12-11-17(15-6-3-4-7-16(15)21)22-19(24)18-8-5-13-23(18)20(25)14-9-10-14/h3-4,6-7,14,17-18H,5,8-13H2,1-2H3,(H,22,24)/t17-,18-/m0/s1. The highest BCUT2D eigenvalue weighted by Crippen LogP contribution is 2.41. The van der Waals surface area contributed by atoms with Crippen LogP contribution in [-0.4, -0.2) is 29.3 Å². The summed E-state index contributed by atoms with van der Waals surface area (Å²) in [5, 5.41) is 3.27. The predicted octanol–water partition coefficient (Wildman–Crippen LogP) is 3.32. The van der Waals surface area contributed by atoms with Gasteiger partial charge in [-0.3, -0.25) is 9.59 Å². The maximum Gasteiger partial charge on any atom is 0.243 e. The molecule has 2 aliphatic carbocycles. The van der Waals surface area contributed by atoms with Gasteiger partial charge in [0.1, 0.15) is 6.04 Å². The maximum absolute atomic E-state index is 12.9. The van der Waals surface area contributed by atoms with Gasteiger partial charge in [-0.05, 0) is 55.1 Å². The fourth-order valence-electron chi connectivity index (χ4n) is 4.50. The minimum Gasteiger partial charge on any atom is -0.347 e. The van der Waals surface area contributed by atoms with Gasteiger partial charge in [0.2, 0.25) is 11.8 Å². The lowest BCUT2D eigenvalue weighted by Crippen LogP contribution is -2.48. The van der Waals surface area contributed by atoms with E-state index in [4.69, 9.17) is 0 Å². The summed E-state index contributed by atoms with van der Waals surface area (Å²) in [4.78, 5) is 27.2. The molecule has 4 nitrogen and oxygen atoms in total. The Bertz CT molecular complexity index is 693. The molecule has 0 bridgehead atoms. The summed E-state index contributed by atoms with van der Waals surface area (Å²) < 4.78 is 0. The topological polar surface area (TPSA) is 49.4 Å². The van der Waals surface area contributed by atoms with Crippen LogP contribution in [0.5, 0.6) is 0 Å². The lowest BCUT2D eigenvalue weighted by molar-refractivity contribution is -0.139. The quantitative estimate of drug-likeness (QED) is 0.918. The molecule has 1 aromatic rings. The zero-order chi connectivity index (χ0) is 17.6. The van der Waals surface area contributed by atoms with Crippen molar-refractivity contribution >= 4 is 11.8 Å². The first kappa shape index (κ1) is 16.6. The molecule has 1 heterocycles. The molecule has 1 aliphatic heterocycles. The van der Waals surface area contributed by atoms with Gasteiger partial charge in [-0.15, -0.1) is 0 Å². The van der Waals surface area contributed by atoms with Crippen LogP contribution in [0.15, 0.2) is 24.3 Å². The van der Waals surface area contributed by atoms with Gasteiger partial charge in [0.25, 0.3) is 0 Å². The van der Waals surface area contributed by atoms with Crippen LogP contribution in [0, 0.1) is 5.92 Å². The van der Waals surface area contributed by atoms with Crippen molar-refractivity contribution in [1.82, 2.24) is 10.2 Å². The molecule has 0 unspecified atom stereocenters. The van der Waals surface area contributed by atoms with Crippen LogP contribution in [-0.2, 0) is 15.0 Å². The zero-order valence-electron chi connectivity index (χ0n) is 15.3. The van der Waals surface area contributed by atoms with Crippen molar-refractivity contribution in [2.75, 3.05) is 6.54 Å². The highest BCUT2D eigenvalue weighted by atomic mass is 16.2. The molecule has 134 valence electrons. The maximum atomic E-state index is 12.9. The van der Waals surface area contributed by atoms with E-state index in [2.05, 4.69) is 43.4 Å². The third kappa shape index (κ3) is 3.07. The van der Waals surface area contributed by atoms with E-state index >= 15 is 0 Å². The molecule has 2 fully saturated rings. The van der Waals surface area contributed by atoms with Crippen molar-refractivity contribution < 1.29 is 9.59 Å². The molecular weight excluding hydrogens is 312 g/mol. The lowest BCUT2D eigenvalue weighted by atomic mass is 9.71. The largest absolute Gasteiger partial charge is 0.347 e. The average molecular weight is 340 g/mol. The summed E-state index contributed by atoms with van der Waals surface area (Å²) in [6.07, 6.45) is 5.74. The first-order valence-corrected chi connectivity index (χ1v) is 9.67. The number of fused-ring (bicyclic) bond motifs is 1. The molecular formula is C21H28N2O2. The highest BCUT2D eigenvalue weighted by molar-refractivity contribution is 5.90. The third-order valence-corrected chi connectivity index (χ3v) is 6.20. The molecule has 4 heteroatoms. The second kappa shape index (κ2) is 6.15. The monoisotopic (exact) mass is 340 g/mol. The summed E-state index contributed by atoms with van der Waals surface area (Å²) in [6.45, 7) is 5.29. The Morgan fingerprint density at radius 1 is 1.12 bits per heavy atom. The van der Waals surface area contributed by atoms with Gasteiger partial charge in [0.05, 0.1) is 6.04 Å². The molecule has 1 saturated carbocycles. The summed E-state index contributed by atoms with van der Waals surface area (Å²) in [5.41, 5.74) is 2.73. The molecule has 4 rings (SSSR count). The fourth-order valence-corrected chi connectivity index (χ4v) is 4.50. The summed E-state index contributed by atoms with van der Waals surface area (Å²) in [7, 11) is 0. The molecule has 0 spiro atoms. The Labute approximate surface area is 150 Å². The van der Waals surface area contributed by atoms with Crippen molar-refractivity contribution in [3.63, 3.8) is 0 Å². The number of nitrogens with zero attached hydrogens (tertiary/aromatic N) is 1. The van der Waals surface area contributed by atoms with Gasteiger partial charge in [-0.25, -0.2) is 0 Å². The van der Waals surface area contributed by atoms with Crippen molar-refractivity contribution in [3.05, 3.63) is 35.4 Å². The Balaban J connectivity index is 1.50. The molecule has 3 aliphatic rings. The van der Waals surface area contributed by atoms with Gasteiger partial charge < -0.3 is 10.2 Å². The summed E-state index contributed by atoms with van der Waals surface area (Å²) in [5.74, 6) is 0.415. The first-order chi connectivity index (χ1) is 12.0. The Morgan fingerprint density at radius 3 is 2.64 bits per heavy atom. The van der Waals surface area contributed by atoms with Gasteiger partial charge >= 0.3 is 0 Å². The van der Waals surface area contributed by atoms with Crippen molar-refractivity contribution in [2.24, 2.45) is 5.92 Å². The van der Waals surface area contributed by atoms with Crippen LogP contribution in [0.1, 0.15) is 69.5 Å². The second-order valence-corrected chi connectivity index (χ2v) is 8.53. The van der Waals surface area contributed by atoms with E-state index in [1.165, 1.54) is 11.1 Å². The average Bonchev–Trinajstić information content (AvgIpc) is 3.33. The SMILES string of the molecule is CC1(C)CC[C@H](NC(=O)[C@@H]2CCCN2C(=O)C2CC2)c2ccccc21. The smallest absolute Gasteiger partial charge is 0.243 e. The Kier molecular flexibility index (Phi) is 4.09. The minimum atomic E-state index is -0.268. The molecule has 2 atom stereocenters. The number of amides is 2. The van der Waals surface area contributed by atoms with Crippen molar-refractivity contribution in [3.8, 4) is 0 Å². The van der Waals surface area contributed by atoms with Gasteiger partial charge in [-0.2, -0.15) is 0 Å². The molecule has 1 aromatic carbocycles. The van der Waals surface area contributed by atoms with Gasteiger partial charge in [0.15, 0.2) is 0 Å². The summed E-state index contributed by atoms with van der Waals surface area (Å²) in [6, 6.07) is 8.26. The minimum absolute atomic E-state index is 0.0333. The van der Waals surface area contributed by atoms with E-state index < -0.39 is 0 Å². The van der Waals surface area contributed by atoms with Crippen LogP contribution in [0.2, 0.25) is 0 Å². The van der Waals surface area contributed by atoms with E-state index in [1.807, 2.05) is 4.90 Å². The lowest BCUT2D eigenvalue weighted by Gasteiger charge is -2.38. The predicted molar refractivity (Wildman–Crippen MR) is 97.0 cm³/mol. The third-order valence-electron chi connectivity index (χ3n) is 6.20. The number of likely N-dealkylation sites (tertiary alicyclic amines) is 1. The number of nitrogens with one attached hydrogen (secondary N) is 1. The van der Waals surface area contributed by atoms with Crippen LogP contribution >= 0.6 is 0 Å². The number of rotatable bonds is 3. The molecule has 0 radical (unpaired) electrons.